The molecule has 3 aliphatic heterocycles. The number of anilines is 1. The van der Waals surface area contributed by atoms with Gasteiger partial charge in [0.25, 0.3) is 5.91 Å². The Bertz CT molecular complexity index is 1190. The van der Waals surface area contributed by atoms with Gasteiger partial charge in [-0.3, -0.25) is 9.59 Å². The lowest BCUT2D eigenvalue weighted by Crippen LogP contribution is -2.52. The fraction of sp³-hybridized carbons (Fsp3) is 0.280. The molecule has 0 saturated carbocycles. The third-order valence-corrected chi connectivity index (χ3v) is 6.97. The number of piperidine rings is 1. The van der Waals surface area contributed by atoms with Gasteiger partial charge in [0, 0.05) is 37.1 Å². The number of aromatic nitrogens is 1. The van der Waals surface area contributed by atoms with Gasteiger partial charge < -0.3 is 19.7 Å². The number of hydrogen-bond donors (Lipinski definition) is 1. The molecule has 156 valence electrons. The number of para-hydroxylation sites is 2. The summed E-state index contributed by atoms with van der Waals surface area (Å²) in [7, 11) is 0. The molecule has 0 radical (unpaired) electrons. The van der Waals surface area contributed by atoms with Crippen LogP contribution in [-0.2, 0) is 16.9 Å². The molecular weight excluding hydrogens is 388 g/mol. The molecule has 0 unspecified atom stereocenters. The Labute approximate surface area is 181 Å². The van der Waals surface area contributed by atoms with E-state index in [0.29, 0.717) is 19.6 Å². The summed E-state index contributed by atoms with van der Waals surface area (Å²) in [5.41, 5.74) is 5.10. The SMILES string of the molecule is O=C(CN1Cc2ccccc2C1=O)N1CCC2(CC1)Nc1ccccc1-n1cccc12. The van der Waals surface area contributed by atoms with Crippen molar-refractivity contribution in [3.8, 4) is 5.69 Å². The first-order chi connectivity index (χ1) is 15.1. The van der Waals surface area contributed by atoms with Crippen LogP contribution in [0.1, 0.15) is 34.5 Å². The molecule has 6 rings (SSSR count). The Morgan fingerprint density at radius 2 is 1.74 bits per heavy atom. The van der Waals surface area contributed by atoms with Crippen LogP contribution < -0.4 is 5.32 Å². The smallest absolute Gasteiger partial charge is 0.254 e. The van der Waals surface area contributed by atoms with Crippen LogP contribution in [0.2, 0.25) is 0 Å². The molecule has 1 fully saturated rings. The number of benzene rings is 2. The van der Waals surface area contributed by atoms with E-state index in [1.807, 2.05) is 29.2 Å². The summed E-state index contributed by atoms with van der Waals surface area (Å²) in [4.78, 5) is 29.2. The van der Waals surface area contributed by atoms with Crippen molar-refractivity contribution in [3.63, 3.8) is 0 Å². The number of nitrogens with one attached hydrogen (secondary N) is 1. The van der Waals surface area contributed by atoms with E-state index in [1.165, 1.54) is 11.4 Å². The summed E-state index contributed by atoms with van der Waals surface area (Å²) in [6, 6.07) is 20.2. The third kappa shape index (κ3) is 2.78. The van der Waals surface area contributed by atoms with Crippen LogP contribution in [0.5, 0.6) is 0 Å². The van der Waals surface area contributed by atoms with Crippen LogP contribution in [0.25, 0.3) is 5.69 Å². The summed E-state index contributed by atoms with van der Waals surface area (Å²) in [6.07, 6.45) is 3.79. The van der Waals surface area contributed by atoms with Gasteiger partial charge in [0.1, 0.15) is 6.54 Å². The van der Waals surface area contributed by atoms with Gasteiger partial charge in [0.15, 0.2) is 0 Å². The zero-order valence-corrected chi connectivity index (χ0v) is 17.3. The van der Waals surface area contributed by atoms with Crippen molar-refractivity contribution in [2.45, 2.75) is 24.9 Å². The van der Waals surface area contributed by atoms with Crippen LogP contribution in [0.3, 0.4) is 0 Å². The van der Waals surface area contributed by atoms with Crippen LogP contribution in [0, 0.1) is 0 Å². The van der Waals surface area contributed by atoms with E-state index < -0.39 is 0 Å². The summed E-state index contributed by atoms with van der Waals surface area (Å²) < 4.78 is 2.27. The number of amides is 2. The molecule has 1 saturated heterocycles. The molecule has 4 heterocycles. The quantitative estimate of drug-likeness (QED) is 0.702. The molecule has 6 heteroatoms. The molecule has 1 spiro atoms. The second-order valence-corrected chi connectivity index (χ2v) is 8.69. The number of hydrogen-bond acceptors (Lipinski definition) is 3. The molecule has 1 N–H and O–H groups in total. The van der Waals surface area contributed by atoms with Gasteiger partial charge in [-0.1, -0.05) is 30.3 Å². The van der Waals surface area contributed by atoms with Gasteiger partial charge in [-0.2, -0.15) is 0 Å². The average molecular weight is 412 g/mol. The zero-order valence-electron chi connectivity index (χ0n) is 17.3. The van der Waals surface area contributed by atoms with E-state index in [9.17, 15) is 9.59 Å². The monoisotopic (exact) mass is 412 g/mol. The maximum Gasteiger partial charge on any atom is 0.254 e. The summed E-state index contributed by atoms with van der Waals surface area (Å²) >= 11 is 0. The predicted octanol–water partition coefficient (Wildman–Crippen LogP) is 3.38. The highest BCUT2D eigenvalue weighted by Crippen LogP contribution is 2.43. The number of fused-ring (bicyclic) bond motifs is 5. The topological polar surface area (TPSA) is 57.6 Å². The minimum atomic E-state index is -0.172. The normalized spacial score (nSPS) is 18.4. The largest absolute Gasteiger partial charge is 0.372 e. The molecule has 6 nitrogen and oxygen atoms in total. The standard InChI is InChI=1S/C25H24N4O2/c30-23(17-28-16-18-6-1-2-7-19(18)24(28)31)27-14-11-25(12-15-27)22-10-5-13-29(22)21-9-4-3-8-20(21)26-25/h1-10,13,26H,11-12,14-17H2. The van der Waals surface area contributed by atoms with E-state index in [1.54, 1.807) is 4.90 Å². The molecule has 3 aliphatic rings. The van der Waals surface area contributed by atoms with Crippen LogP contribution in [0.4, 0.5) is 5.69 Å². The van der Waals surface area contributed by atoms with Crippen molar-refractivity contribution >= 4 is 17.5 Å². The maximum atomic E-state index is 13.0. The highest BCUT2D eigenvalue weighted by molar-refractivity contribution is 6.00. The molecule has 3 aromatic rings. The lowest BCUT2D eigenvalue weighted by molar-refractivity contribution is -0.133. The summed E-state index contributed by atoms with van der Waals surface area (Å²) in [5, 5.41) is 3.78. The number of rotatable bonds is 2. The van der Waals surface area contributed by atoms with E-state index in [-0.39, 0.29) is 23.9 Å². The number of likely N-dealkylation sites (tertiary alicyclic amines) is 1. The van der Waals surface area contributed by atoms with Crippen molar-refractivity contribution in [1.82, 2.24) is 14.4 Å². The third-order valence-electron chi connectivity index (χ3n) is 6.97. The minimum Gasteiger partial charge on any atom is -0.372 e. The molecule has 0 bridgehead atoms. The number of nitrogens with zero attached hydrogens (tertiary/aromatic N) is 3. The van der Waals surface area contributed by atoms with Crippen molar-refractivity contribution in [2.75, 3.05) is 25.0 Å². The van der Waals surface area contributed by atoms with Gasteiger partial charge in [-0.25, -0.2) is 0 Å². The number of carbonyl (C=O) groups excluding carboxylic acids is 2. The first-order valence-electron chi connectivity index (χ1n) is 10.9. The Hall–Kier alpha value is -3.54. The van der Waals surface area contributed by atoms with Gasteiger partial charge in [0.2, 0.25) is 5.91 Å². The van der Waals surface area contributed by atoms with E-state index in [2.05, 4.69) is 52.5 Å². The van der Waals surface area contributed by atoms with E-state index in [4.69, 9.17) is 0 Å². The Morgan fingerprint density at radius 1 is 0.968 bits per heavy atom. The van der Waals surface area contributed by atoms with Gasteiger partial charge >= 0.3 is 0 Å². The van der Waals surface area contributed by atoms with Crippen molar-refractivity contribution < 1.29 is 9.59 Å². The first kappa shape index (κ1) is 18.2. The van der Waals surface area contributed by atoms with Crippen LogP contribution in [-0.4, -0.2) is 45.8 Å². The molecule has 1 aromatic heterocycles. The van der Waals surface area contributed by atoms with E-state index in [0.717, 1.165) is 29.7 Å². The Balaban J connectivity index is 1.17. The second-order valence-electron chi connectivity index (χ2n) is 8.69. The van der Waals surface area contributed by atoms with Crippen LogP contribution in [0.15, 0.2) is 66.9 Å². The fourth-order valence-corrected chi connectivity index (χ4v) is 5.32. The molecule has 0 atom stereocenters. The van der Waals surface area contributed by atoms with Crippen LogP contribution >= 0.6 is 0 Å². The Kier molecular flexibility index (Phi) is 3.96. The average Bonchev–Trinajstić information content (AvgIpc) is 3.41. The fourth-order valence-electron chi connectivity index (χ4n) is 5.32. The van der Waals surface area contributed by atoms with Crippen molar-refractivity contribution in [2.24, 2.45) is 0 Å². The Morgan fingerprint density at radius 3 is 2.58 bits per heavy atom. The summed E-state index contributed by atoms with van der Waals surface area (Å²) in [5.74, 6) is -0.0107. The molecule has 31 heavy (non-hydrogen) atoms. The van der Waals surface area contributed by atoms with Crippen molar-refractivity contribution in [3.05, 3.63) is 83.7 Å². The lowest BCUT2D eigenvalue weighted by atomic mass is 9.82. The van der Waals surface area contributed by atoms with Gasteiger partial charge in [-0.05, 0) is 48.7 Å². The molecule has 2 aromatic carbocycles. The van der Waals surface area contributed by atoms with Gasteiger partial charge in [-0.15, -0.1) is 0 Å². The molecular formula is C25H24N4O2. The molecule has 0 aliphatic carbocycles. The summed E-state index contributed by atoms with van der Waals surface area (Å²) in [6.45, 7) is 2.01. The minimum absolute atomic E-state index is 0.0302. The first-order valence-corrected chi connectivity index (χ1v) is 10.9. The highest BCUT2D eigenvalue weighted by atomic mass is 16.2. The highest BCUT2D eigenvalue weighted by Gasteiger charge is 2.42. The number of carbonyl (C=O) groups is 2. The van der Waals surface area contributed by atoms with E-state index >= 15 is 0 Å². The van der Waals surface area contributed by atoms with Gasteiger partial charge in [0.05, 0.1) is 16.9 Å². The van der Waals surface area contributed by atoms with Crippen molar-refractivity contribution in [1.29, 1.82) is 0 Å². The zero-order chi connectivity index (χ0) is 21.0. The lowest BCUT2D eigenvalue weighted by Gasteiger charge is -2.46. The predicted molar refractivity (Wildman–Crippen MR) is 118 cm³/mol. The molecule has 2 amide bonds. The maximum absolute atomic E-state index is 13.0. The second kappa shape index (κ2) is 6.74.